The Morgan fingerprint density at radius 1 is 1.21 bits per heavy atom. The molecule has 0 saturated heterocycles. The minimum Gasteiger partial charge on any atom is -0.497 e. The molecule has 1 aromatic rings. The predicted molar refractivity (Wildman–Crippen MR) is 77.9 cm³/mol. The second-order valence-electron chi connectivity index (χ2n) is 5.89. The molecule has 1 aliphatic carbocycles. The predicted octanol–water partition coefficient (Wildman–Crippen LogP) is 3.24. The molecule has 0 spiro atoms. The van der Waals surface area contributed by atoms with Gasteiger partial charge in [-0.15, -0.1) is 0 Å². The van der Waals surface area contributed by atoms with Crippen LogP contribution in [0.2, 0.25) is 0 Å². The van der Waals surface area contributed by atoms with Crippen LogP contribution < -0.4 is 14.8 Å². The van der Waals surface area contributed by atoms with E-state index in [1.165, 1.54) is 6.42 Å². The molecule has 3 heteroatoms. The quantitative estimate of drug-likeness (QED) is 0.884. The van der Waals surface area contributed by atoms with Crippen molar-refractivity contribution in [1.29, 1.82) is 0 Å². The molecule has 2 rings (SSSR count). The molecular weight excluding hydrogens is 238 g/mol. The lowest BCUT2D eigenvalue weighted by Gasteiger charge is -2.31. The summed E-state index contributed by atoms with van der Waals surface area (Å²) in [6.07, 6.45) is 2.56. The highest BCUT2D eigenvalue weighted by Gasteiger charge is 2.42. The van der Waals surface area contributed by atoms with Crippen molar-refractivity contribution in [2.45, 2.75) is 45.8 Å². The fourth-order valence-electron chi connectivity index (χ4n) is 2.92. The Bertz CT molecular complexity index is 400. The molecule has 3 nitrogen and oxygen atoms in total. The third kappa shape index (κ3) is 3.21. The van der Waals surface area contributed by atoms with Crippen LogP contribution in [0.4, 0.5) is 0 Å². The van der Waals surface area contributed by atoms with Gasteiger partial charge in [-0.05, 0) is 49.1 Å². The first-order valence-electron chi connectivity index (χ1n) is 7.11. The molecule has 1 N–H and O–H groups in total. The Morgan fingerprint density at radius 2 is 1.84 bits per heavy atom. The van der Waals surface area contributed by atoms with E-state index in [0.29, 0.717) is 11.5 Å². The van der Waals surface area contributed by atoms with Crippen LogP contribution in [0.15, 0.2) is 24.3 Å². The lowest BCUT2D eigenvalue weighted by atomic mass is 9.87. The summed E-state index contributed by atoms with van der Waals surface area (Å²) in [5, 5.41) is 3.58. The summed E-state index contributed by atoms with van der Waals surface area (Å²) in [6.45, 7) is 7.77. The van der Waals surface area contributed by atoms with E-state index in [1.54, 1.807) is 7.11 Å². The zero-order valence-electron chi connectivity index (χ0n) is 12.4. The molecule has 0 radical (unpaired) electrons. The highest BCUT2D eigenvalue weighted by atomic mass is 16.5. The van der Waals surface area contributed by atoms with Crippen LogP contribution in [0.1, 0.15) is 33.6 Å². The van der Waals surface area contributed by atoms with E-state index in [1.807, 2.05) is 24.3 Å². The number of hydrogen-bond acceptors (Lipinski definition) is 3. The van der Waals surface area contributed by atoms with Crippen molar-refractivity contribution in [2.75, 3.05) is 13.7 Å². The molecule has 106 valence electrons. The summed E-state index contributed by atoms with van der Waals surface area (Å²) in [5.74, 6) is 1.79. The summed E-state index contributed by atoms with van der Waals surface area (Å²) in [6, 6.07) is 8.26. The lowest BCUT2D eigenvalue weighted by molar-refractivity contribution is 0.141. The van der Waals surface area contributed by atoms with E-state index in [2.05, 4.69) is 26.1 Å². The maximum absolute atomic E-state index is 6.16. The van der Waals surface area contributed by atoms with Crippen LogP contribution >= 0.6 is 0 Å². The van der Waals surface area contributed by atoms with Crippen molar-refractivity contribution < 1.29 is 9.47 Å². The first kappa shape index (κ1) is 14.2. The van der Waals surface area contributed by atoms with Crippen LogP contribution in [0.25, 0.3) is 0 Å². The minimum absolute atomic E-state index is 0.253. The average Bonchev–Trinajstić information content (AvgIpc) is 2.68. The zero-order chi connectivity index (χ0) is 13.9. The number of nitrogens with one attached hydrogen (secondary N) is 1. The molecule has 0 amide bonds. The number of hydrogen-bond donors (Lipinski definition) is 1. The van der Waals surface area contributed by atoms with Crippen LogP contribution in [0.5, 0.6) is 11.5 Å². The SMILES string of the molecule is CCNC1C(Oc2ccc(OC)cc2)CCC1(C)C. The van der Waals surface area contributed by atoms with Gasteiger partial charge in [-0.25, -0.2) is 0 Å². The molecule has 1 aliphatic rings. The van der Waals surface area contributed by atoms with Crippen molar-refractivity contribution in [3.8, 4) is 11.5 Å². The molecule has 2 atom stereocenters. The smallest absolute Gasteiger partial charge is 0.120 e. The number of rotatable bonds is 5. The molecular formula is C16H25NO2. The minimum atomic E-state index is 0.253. The Morgan fingerprint density at radius 3 is 2.42 bits per heavy atom. The second kappa shape index (κ2) is 5.83. The first-order valence-corrected chi connectivity index (χ1v) is 7.11. The van der Waals surface area contributed by atoms with Gasteiger partial charge in [0, 0.05) is 6.04 Å². The molecule has 0 heterocycles. The second-order valence-corrected chi connectivity index (χ2v) is 5.89. The van der Waals surface area contributed by atoms with Gasteiger partial charge in [-0.3, -0.25) is 0 Å². The van der Waals surface area contributed by atoms with E-state index in [9.17, 15) is 0 Å². The van der Waals surface area contributed by atoms with Crippen LogP contribution in [0.3, 0.4) is 0 Å². The van der Waals surface area contributed by atoms with Crippen molar-refractivity contribution in [3.05, 3.63) is 24.3 Å². The van der Waals surface area contributed by atoms with Crippen molar-refractivity contribution in [1.82, 2.24) is 5.32 Å². The molecule has 1 saturated carbocycles. The Hall–Kier alpha value is -1.22. The summed E-state index contributed by atoms with van der Waals surface area (Å²) in [5.41, 5.74) is 0.299. The summed E-state index contributed by atoms with van der Waals surface area (Å²) in [4.78, 5) is 0. The van der Waals surface area contributed by atoms with Crippen LogP contribution in [-0.4, -0.2) is 25.8 Å². The van der Waals surface area contributed by atoms with Crippen molar-refractivity contribution in [2.24, 2.45) is 5.41 Å². The van der Waals surface area contributed by atoms with Crippen molar-refractivity contribution in [3.63, 3.8) is 0 Å². The number of methoxy groups -OCH3 is 1. The lowest BCUT2D eigenvalue weighted by Crippen LogP contribution is -2.46. The van der Waals surface area contributed by atoms with Gasteiger partial charge < -0.3 is 14.8 Å². The van der Waals surface area contributed by atoms with Gasteiger partial charge in [0.1, 0.15) is 17.6 Å². The van der Waals surface area contributed by atoms with E-state index in [4.69, 9.17) is 9.47 Å². The Kier molecular flexibility index (Phi) is 4.35. The zero-order valence-corrected chi connectivity index (χ0v) is 12.4. The van der Waals surface area contributed by atoms with Crippen LogP contribution in [-0.2, 0) is 0 Å². The number of benzene rings is 1. The highest BCUT2D eigenvalue weighted by molar-refractivity contribution is 5.31. The van der Waals surface area contributed by atoms with Gasteiger partial charge in [0.2, 0.25) is 0 Å². The molecule has 2 unspecified atom stereocenters. The molecule has 1 fully saturated rings. The van der Waals surface area contributed by atoms with E-state index in [-0.39, 0.29) is 6.10 Å². The van der Waals surface area contributed by atoms with Gasteiger partial charge in [0.25, 0.3) is 0 Å². The maximum Gasteiger partial charge on any atom is 0.120 e. The molecule has 0 aliphatic heterocycles. The summed E-state index contributed by atoms with van der Waals surface area (Å²) >= 11 is 0. The van der Waals surface area contributed by atoms with Gasteiger partial charge in [0.15, 0.2) is 0 Å². The van der Waals surface area contributed by atoms with E-state index in [0.717, 1.165) is 24.5 Å². The van der Waals surface area contributed by atoms with Crippen LogP contribution in [0, 0.1) is 5.41 Å². The topological polar surface area (TPSA) is 30.5 Å². The normalized spacial score (nSPS) is 25.3. The molecule has 1 aromatic carbocycles. The summed E-state index contributed by atoms with van der Waals surface area (Å²) < 4.78 is 11.3. The number of ether oxygens (including phenoxy) is 2. The van der Waals surface area contributed by atoms with E-state index < -0.39 is 0 Å². The fourth-order valence-corrected chi connectivity index (χ4v) is 2.92. The maximum atomic E-state index is 6.16. The molecule has 0 bridgehead atoms. The van der Waals surface area contributed by atoms with Gasteiger partial charge in [-0.1, -0.05) is 20.8 Å². The first-order chi connectivity index (χ1) is 9.06. The third-order valence-electron chi connectivity index (χ3n) is 4.06. The Labute approximate surface area is 116 Å². The third-order valence-corrected chi connectivity index (χ3v) is 4.06. The van der Waals surface area contributed by atoms with Gasteiger partial charge in [0.05, 0.1) is 7.11 Å². The largest absolute Gasteiger partial charge is 0.497 e. The van der Waals surface area contributed by atoms with Gasteiger partial charge >= 0.3 is 0 Å². The highest BCUT2D eigenvalue weighted by Crippen LogP contribution is 2.39. The monoisotopic (exact) mass is 263 g/mol. The number of likely N-dealkylation sites (N-methyl/N-ethyl adjacent to an activating group) is 1. The summed E-state index contributed by atoms with van der Waals surface area (Å²) in [7, 11) is 1.68. The van der Waals surface area contributed by atoms with Gasteiger partial charge in [-0.2, -0.15) is 0 Å². The van der Waals surface area contributed by atoms with E-state index >= 15 is 0 Å². The fraction of sp³-hybridized carbons (Fsp3) is 0.625. The molecule has 19 heavy (non-hydrogen) atoms. The standard InChI is InChI=1S/C16H25NO2/c1-5-17-15-14(10-11-16(15,2)3)19-13-8-6-12(18-4)7-9-13/h6-9,14-15,17H,5,10-11H2,1-4H3. The van der Waals surface area contributed by atoms with Crippen molar-refractivity contribution >= 4 is 0 Å². The molecule has 0 aromatic heterocycles. The Balaban J connectivity index is 2.04. The average molecular weight is 263 g/mol.